The molecular weight excluding hydrogens is 290 g/mol. The molecule has 0 fully saturated rings. The van der Waals surface area contributed by atoms with Crippen LogP contribution in [0.1, 0.15) is 12.5 Å². The van der Waals surface area contributed by atoms with E-state index in [-0.39, 0.29) is 5.69 Å². The van der Waals surface area contributed by atoms with E-state index in [0.717, 1.165) is 5.56 Å². The molecule has 7 heteroatoms. The number of aromatic nitrogens is 1. The number of nitrogens with one attached hydrogen (secondary N) is 1. The molecule has 0 amide bonds. The van der Waals surface area contributed by atoms with Gasteiger partial charge in [0.15, 0.2) is 0 Å². The quantitative estimate of drug-likeness (QED) is 0.800. The van der Waals surface area contributed by atoms with E-state index in [1.54, 1.807) is 12.3 Å². The second-order valence-corrected chi connectivity index (χ2v) is 5.62. The number of anilines is 2. The maximum Gasteiger partial charge on any atom is 0.357 e. The molecule has 0 bridgehead atoms. The number of hydrogen-bond acceptors (Lipinski definition) is 4. The summed E-state index contributed by atoms with van der Waals surface area (Å²) >= 11 is 0. The molecule has 0 saturated carbocycles. The summed E-state index contributed by atoms with van der Waals surface area (Å²) in [5.41, 5.74) is 2.01. The molecule has 1 aromatic heterocycles. The second kappa shape index (κ2) is 6.55. The molecule has 2 rings (SSSR count). The molecule has 0 atom stereocenters. The largest absolute Gasteiger partial charge is 0.366 e. The van der Waals surface area contributed by atoms with Crippen molar-refractivity contribution < 1.29 is 13.0 Å². The zero-order valence-electron chi connectivity index (χ0n) is 11.6. The molecule has 0 radical (unpaired) electrons. The zero-order chi connectivity index (χ0) is 15.3. The lowest BCUT2D eigenvalue weighted by atomic mass is 10.2. The van der Waals surface area contributed by atoms with Crippen molar-refractivity contribution in [1.29, 1.82) is 0 Å². The van der Waals surface area contributed by atoms with Crippen LogP contribution in [-0.4, -0.2) is 24.5 Å². The van der Waals surface area contributed by atoms with Crippen molar-refractivity contribution in [3.8, 4) is 0 Å². The first-order valence-electron chi connectivity index (χ1n) is 6.47. The van der Waals surface area contributed by atoms with Gasteiger partial charge in [0.2, 0.25) is 0 Å². The van der Waals surface area contributed by atoms with Crippen LogP contribution in [0.5, 0.6) is 0 Å². The van der Waals surface area contributed by atoms with E-state index in [2.05, 4.69) is 9.71 Å². The fourth-order valence-electron chi connectivity index (χ4n) is 2.05. The first-order chi connectivity index (χ1) is 9.99. The Kier molecular flexibility index (Phi) is 4.77. The molecule has 0 saturated heterocycles. The van der Waals surface area contributed by atoms with Crippen molar-refractivity contribution in [3.63, 3.8) is 0 Å². The van der Waals surface area contributed by atoms with E-state index in [1.165, 1.54) is 6.20 Å². The van der Waals surface area contributed by atoms with Crippen molar-refractivity contribution >= 4 is 21.7 Å². The summed E-state index contributed by atoms with van der Waals surface area (Å²) in [6.45, 7) is 3.28. The minimum Gasteiger partial charge on any atom is -0.366 e. The molecular formula is C14H17N3O3S. The van der Waals surface area contributed by atoms with Gasteiger partial charge in [-0.3, -0.25) is 14.3 Å². The Morgan fingerprint density at radius 2 is 1.95 bits per heavy atom. The van der Waals surface area contributed by atoms with Gasteiger partial charge in [0, 0.05) is 19.3 Å². The van der Waals surface area contributed by atoms with Gasteiger partial charge in [-0.1, -0.05) is 30.3 Å². The highest BCUT2D eigenvalue weighted by Gasteiger charge is 2.14. The second-order valence-electron chi connectivity index (χ2n) is 4.47. The van der Waals surface area contributed by atoms with Crippen LogP contribution in [0.2, 0.25) is 0 Å². The Morgan fingerprint density at radius 3 is 2.57 bits per heavy atom. The smallest absolute Gasteiger partial charge is 0.357 e. The van der Waals surface area contributed by atoms with Gasteiger partial charge in [0.05, 0.1) is 17.6 Å². The van der Waals surface area contributed by atoms with Gasteiger partial charge in [-0.25, -0.2) is 0 Å². The lowest BCUT2D eigenvalue weighted by Crippen LogP contribution is -2.24. The molecule has 2 aromatic rings. The highest BCUT2D eigenvalue weighted by Crippen LogP contribution is 2.26. The zero-order valence-corrected chi connectivity index (χ0v) is 12.4. The van der Waals surface area contributed by atoms with E-state index in [4.69, 9.17) is 4.55 Å². The first-order valence-corrected chi connectivity index (χ1v) is 7.91. The van der Waals surface area contributed by atoms with Crippen LogP contribution in [0, 0.1) is 0 Å². The minimum absolute atomic E-state index is 0.248. The van der Waals surface area contributed by atoms with E-state index >= 15 is 0 Å². The molecule has 1 aromatic carbocycles. The van der Waals surface area contributed by atoms with Gasteiger partial charge in [-0.15, -0.1) is 0 Å². The van der Waals surface area contributed by atoms with Crippen molar-refractivity contribution in [2.75, 3.05) is 16.2 Å². The molecule has 0 spiro atoms. The summed E-state index contributed by atoms with van der Waals surface area (Å²) in [6.07, 6.45) is 2.95. The predicted octanol–water partition coefficient (Wildman–Crippen LogP) is 2.32. The Bertz CT molecular complexity index is 690. The number of nitrogens with zero attached hydrogens (tertiary/aromatic N) is 2. The highest BCUT2D eigenvalue weighted by molar-refractivity contribution is 7.87. The average molecular weight is 307 g/mol. The van der Waals surface area contributed by atoms with Gasteiger partial charge in [0.1, 0.15) is 0 Å². The summed E-state index contributed by atoms with van der Waals surface area (Å²) in [5.74, 6) is 0. The molecule has 21 heavy (non-hydrogen) atoms. The van der Waals surface area contributed by atoms with Gasteiger partial charge in [-0.05, 0) is 18.6 Å². The van der Waals surface area contributed by atoms with Gasteiger partial charge in [0.25, 0.3) is 0 Å². The predicted molar refractivity (Wildman–Crippen MR) is 82.6 cm³/mol. The van der Waals surface area contributed by atoms with Crippen LogP contribution < -0.4 is 9.62 Å². The third kappa shape index (κ3) is 4.44. The summed E-state index contributed by atoms with van der Waals surface area (Å²) in [5, 5.41) is 0. The molecule has 0 aliphatic rings. The number of benzene rings is 1. The SMILES string of the molecule is CCN(Cc1ccccc1)c1ccncc1NS(=O)(=O)O. The Hall–Kier alpha value is -2.12. The van der Waals surface area contributed by atoms with E-state index in [0.29, 0.717) is 18.8 Å². The summed E-state index contributed by atoms with van der Waals surface area (Å²) in [4.78, 5) is 5.88. The van der Waals surface area contributed by atoms with Crippen LogP contribution in [0.15, 0.2) is 48.8 Å². The topological polar surface area (TPSA) is 82.5 Å². The van der Waals surface area contributed by atoms with E-state index in [1.807, 2.05) is 42.2 Å². The maximum atomic E-state index is 11.0. The third-order valence-corrected chi connectivity index (χ3v) is 3.45. The first kappa shape index (κ1) is 15.3. The van der Waals surface area contributed by atoms with Crippen LogP contribution in [0.3, 0.4) is 0 Å². The highest BCUT2D eigenvalue weighted by atomic mass is 32.2. The number of pyridine rings is 1. The molecule has 0 unspecified atom stereocenters. The van der Waals surface area contributed by atoms with Crippen molar-refractivity contribution in [2.45, 2.75) is 13.5 Å². The molecule has 112 valence electrons. The fourth-order valence-corrected chi connectivity index (χ4v) is 2.49. The van der Waals surface area contributed by atoms with E-state index < -0.39 is 10.3 Å². The van der Waals surface area contributed by atoms with Crippen molar-refractivity contribution in [2.24, 2.45) is 0 Å². The van der Waals surface area contributed by atoms with Crippen molar-refractivity contribution in [1.82, 2.24) is 4.98 Å². The molecule has 0 aliphatic heterocycles. The molecule has 6 nitrogen and oxygen atoms in total. The summed E-state index contributed by atoms with van der Waals surface area (Å²) < 4.78 is 33.1. The Labute approximate surface area is 124 Å². The molecule has 2 N–H and O–H groups in total. The maximum absolute atomic E-state index is 11.0. The summed E-state index contributed by atoms with van der Waals surface area (Å²) in [6, 6.07) is 11.6. The monoisotopic (exact) mass is 307 g/mol. The fraction of sp³-hybridized carbons (Fsp3) is 0.214. The third-order valence-electron chi connectivity index (χ3n) is 2.98. The van der Waals surface area contributed by atoms with Crippen LogP contribution >= 0.6 is 0 Å². The van der Waals surface area contributed by atoms with E-state index in [9.17, 15) is 8.42 Å². The van der Waals surface area contributed by atoms with Gasteiger partial charge < -0.3 is 4.90 Å². The standard InChI is InChI=1S/C14H17N3O3S/c1-2-17(11-12-6-4-3-5-7-12)14-8-9-15-10-13(14)16-21(18,19)20/h3-10,16H,2,11H2,1H3,(H,18,19,20). The minimum atomic E-state index is -4.33. The average Bonchev–Trinajstić information content (AvgIpc) is 2.45. The van der Waals surface area contributed by atoms with Crippen molar-refractivity contribution in [3.05, 3.63) is 54.4 Å². The van der Waals surface area contributed by atoms with Gasteiger partial charge >= 0.3 is 10.3 Å². The summed E-state index contributed by atoms with van der Waals surface area (Å²) in [7, 11) is -4.33. The molecule has 0 aliphatic carbocycles. The lowest BCUT2D eigenvalue weighted by molar-refractivity contribution is 0.489. The molecule has 1 heterocycles. The van der Waals surface area contributed by atoms with Gasteiger partial charge in [-0.2, -0.15) is 8.42 Å². The Balaban J connectivity index is 2.30. The lowest BCUT2D eigenvalue weighted by Gasteiger charge is -2.25. The number of rotatable bonds is 6. The normalized spacial score (nSPS) is 11.1. The van der Waals surface area contributed by atoms with Crippen LogP contribution in [0.25, 0.3) is 0 Å². The van der Waals surface area contributed by atoms with Crippen LogP contribution in [0.4, 0.5) is 11.4 Å². The Morgan fingerprint density at radius 1 is 1.24 bits per heavy atom. The number of hydrogen-bond donors (Lipinski definition) is 2. The van der Waals surface area contributed by atoms with Crippen LogP contribution in [-0.2, 0) is 16.8 Å².